The number of rotatable bonds is 5. The van der Waals surface area contributed by atoms with Crippen LogP contribution in [0.3, 0.4) is 0 Å². The Hall–Kier alpha value is -2.10. The van der Waals surface area contributed by atoms with Gasteiger partial charge >= 0.3 is 11.9 Å². The van der Waals surface area contributed by atoms with E-state index in [-0.39, 0.29) is 0 Å². The summed E-state index contributed by atoms with van der Waals surface area (Å²) in [5.74, 6) is -2.36. The second-order valence-corrected chi connectivity index (χ2v) is 4.33. The maximum absolute atomic E-state index is 11.9. The monoisotopic (exact) mass is 262 g/mol. The molecule has 0 heterocycles. The normalized spacial score (nSPS) is 13.5. The number of hydrogen-bond donors (Lipinski definition) is 0. The maximum Gasteiger partial charge on any atom is 0.321 e. The van der Waals surface area contributed by atoms with Gasteiger partial charge in [0.25, 0.3) is 0 Å². The third-order valence-corrected chi connectivity index (χ3v) is 3.29. The molecule has 1 unspecified atom stereocenters. The molecule has 0 fully saturated rings. The molecule has 1 aromatic carbocycles. The Morgan fingerprint density at radius 3 is 2.00 bits per heavy atom. The quantitative estimate of drug-likeness (QED) is 0.463. The van der Waals surface area contributed by atoms with E-state index in [2.05, 4.69) is 6.58 Å². The third kappa shape index (κ3) is 2.84. The largest absolute Gasteiger partial charge is 0.468 e. The number of methoxy groups -OCH3 is 2. The molecule has 0 amide bonds. The summed E-state index contributed by atoms with van der Waals surface area (Å²) in [6, 6.07) is 9.20. The van der Waals surface area contributed by atoms with E-state index < -0.39 is 23.3 Å². The Labute approximate surface area is 113 Å². The van der Waals surface area contributed by atoms with Crippen LogP contribution in [0.1, 0.15) is 12.5 Å². The van der Waals surface area contributed by atoms with Gasteiger partial charge in [0.15, 0.2) is 5.92 Å². The minimum absolute atomic E-state index is 0.641. The predicted molar refractivity (Wildman–Crippen MR) is 71.5 cm³/mol. The molecule has 4 nitrogen and oxygen atoms in total. The summed E-state index contributed by atoms with van der Waals surface area (Å²) in [6.07, 6.45) is 1.57. The molecule has 1 rings (SSSR count). The summed E-state index contributed by atoms with van der Waals surface area (Å²) < 4.78 is 9.43. The highest BCUT2D eigenvalue weighted by molar-refractivity contribution is 5.97. The molecule has 0 aliphatic rings. The van der Waals surface area contributed by atoms with Gasteiger partial charge in [-0.2, -0.15) is 0 Å². The van der Waals surface area contributed by atoms with Crippen LogP contribution in [-0.2, 0) is 24.5 Å². The van der Waals surface area contributed by atoms with Crippen molar-refractivity contribution >= 4 is 11.9 Å². The van der Waals surface area contributed by atoms with E-state index in [1.54, 1.807) is 13.0 Å². The standard InChI is InChI=1S/C15H18O4/c1-5-15(2,11-9-7-6-8-10-11)12(13(16)18-3)14(17)19-4/h5-10,12H,1H2,2-4H3. The summed E-state index contributed by atoms with van der Waals surface area (Å²) in [5, 5.41) is 0. The van der Waals surface area contributed by atoms with Gasteiger partial charge in [-0.3, -0.25) is 9.59 Å². The molecule has 1 atom stereocenters. The Morgan fingerprint density at radius 2 is 1.63 bits per heavy atom. The van der Waals surface area contributed by atoms with Crippen molar-refractivity contribution in [2.75, 3.05) is 14.2 Å². The lowest BCUT2D eigenvalue weighted by molar-refractivity contribution is -0.161. The average Bonchev–Trinajstić information content (AvgIpc) is 2.47. The molecule has 0 aliphatic heterocycles. The minimum Gasteiger partial charge on any atom is -0.468 e. The molecule has 0 spiro atoms. The summed E-state index contributed by atoms with van der Waals surface area (Å²) in [7, 11) is 2.49. The van der Waals surface area contributed by atoms with E-state index in [0.717, 1.165) is 5.56 Å². The number of ether oxygens (including phenoxy) is 2. The summed E-state index contributed by atoms with van der Waals surface area (Å²) in [5.41, 5.74) is -0.0904. The fourth-order valence-electron chi connectivity index (χ4n) is 2.02. The maximum atomic E-state index is 11.9. The van der Waals surface area contributed by atoms with Crippen LogP contribution < -0.4 is 0 Å². The van der Waals surface area contributed by atoms with Gasteiger partial charge in [-0.25, -0.2) is 0 Å². The number of hydrogen-bond acceptors (Lipinski definition) is 4. The van der Waals surface area contributed by atoms with Crippen LogP contribution >= 0.6 is 0 Å². The molecule has 1 aromatic rings. The number of carbonyl (C=O) groups is 2. The molecule has 102 valence electrons. The first-order valence-electron chi connectivity index (χ1n) is 5.86. The van der Waals surface area contributed by atoms with Crippen LogP contribution in [-0.4, -0.2) is 26.2 Å². The highest BCUT2D eigenvalue weighted by Gasteiger charge is 2.45. The first kappa shape index (κ1) is 15.0. The average molecular weight is 262 g/mol. The molecule has 0 bridgehead atoms. The summed E-state index contributed by atoms with van der Waals surface area (Å²) >= 11 is 0. The molecule has 0 aromatic heterocycles. The van der Waals surface area contributed by atoms with Crippen molar-refractivity contribution < 1.29 is 19.1 Å². The van der Waals surface area contributed by atoms with Gasteiger partial charge in [-0.05, 0) is 5.56 Å². The Kier molecular flexibility index (Phi) is 4.87. The first-order valence-corrected chi connectivity index (χ1v) is 5.86. The Bertz CT molecular complexity index is 450. The molecule has 0 saturated carbocycles. The van der Waals surface area contributed by atoms with E-state index in [4.69, 9.17) is 9.47 Å². The van der Waals surface area contributed by atoms with Crippen molar-refractivity contribution in [3.05, 3.63) is 48.6 Å². The fourth-order valence-corrected chi connectivity index (χ4v) is 2.02. The van der Waals surface area contributed by atoms with E-state index >= 15 is 0 Å². The van der Waals surface area contributed by atoms with Crippen molar-refractivity contribution in [1.29, 1.82) is 0 Å². The molecular weight excluding hydrogens is 244 g/mol. The molecular formula is C15H18O4. The smallest absolute Gasteiger partial charge is 0.321 e. The van der Waals surface area contributed by atoms with E-state index in [9.17, 15) is 9.59 Å². The Morgan fingerprint density at radius 1 is 1.16 bits per heavy atom. The lowest BCUT2D eigenvalue weighted by Crippen LogP contribution is -2.42. The van der Waals surface area contributed by atoms with Gasteiger partial charge in [0, 0.05) is 5.41 Å². The lowest BCUT2D eigenvalue weighted by Gasteiger charge is -2.31. The van der Waals surface area contributed by atoms with E-state index in [1.807, 2.05) is 30.3 Å². The molecule has 19 heavy (non-hydrogen) atoms. The molecule has 4 heteroatoms. The van der Waals surface area contributed by atoms with Gasteiger partial charge < -0.3 is 9.47 Å². The van der Waals surface area contributed by atoms with E-state index in [0.29, 0.717) is 0 Å². The zero-order chi connectivity index (χ0) is 14.5. The van der Waals surface area contributed by atoms with Crippen molar-refractivity contribution in [2.24, 2.45) is 5.92 Å². The second-order valence-electron chi connectivity index (χ2n) is 4.33. The van der Waals surface area contributed by atoms with Crippen molar-refractivity contribution in [2.45, 2.75) is 12.3 Å². The highest BCUT2D eigenvalue weighted by atomic mass is 16.5. The van der Waals surface area contributed by atoms with Gasteiger partial charge in [0.2, 0.25) is 0 Å². The third-order valence-electron chi connectivity index (χ3n) is 3.29. The lowest BCUT2D eigenvalue weighted by atomic mass is 9.71. The van der Waals surface area contributed by atoms with Crippen LogP contribution in [0.4, 0.5) is 0 Å². The van der Waals surface area contributed by atoms with Crippen molar-refractivity contribution in [3.8, 4) is 0 Å². The SMILES string of the molecule is C=CC(C)(c1ccccc1)C(C(=O)OC)C(=O)OC. The predicted octanol–water partition coefficient (Wildman–Crippen LogP) is 2.09. The minimum atomic E-state index is -1.08. The van der Waals surface area contributed by atoms with E-state index in [1.165, 1.54) is 14.2 Å². The summed E-state index contributed by atoms with van der Waals surface area (Å²) in [6.45, 7) is 5.51. The second kappa shape index (κ2) is 6.18. The number of benzene rings is 1. The van der Waals surface area contributed by atoms with Crippen LogP contribution in [0.25, 0.3) is 0 Å². The molecule has 0 saturated heterocycles. The Balaban J connectivity index is 3.34. The van der Waals surface area contributed by atoms with Crippen LogP contribution in [0, 0.1) is 5.92 Å². The molecule has 0 aliphatic carbocycles. The molecule has 0 radical (unpaired) electrons. The van der Waals surface area contributed by atoms with Gasteiger partial charge in [0.05, 0.1) is 14.2 Å². The van der Waals surface area contributed by atoms with Crippen LogP contribution in [0.2, 0.25) is 0 Å². The number of allylic oxidation sites excluding steroid dienone is 1. The highest BCUT2D eigenvalue weighted by Crippen LogP contribution is 2.35. The zero-order valence-corrected chi connectivity index (χ0v) is 11.4. The number of carbonyl (C=O) groups excluding carboxylic acids is 2. The van der Waals surface area contributed by atoms with Gasteiger partial charge in [-0.15, -0.1) is 6.58 Å². The number of esters is 2. The zero-order valence-electron chi connectivity index (χ0n) is 11.4. The topological polar surface area (TPSA) is 52.6 Å². The van der Waals surface area contributed by atoms with Crippen molar-refractivity contribution in [3.63, 3.8) is 0 Å². The van der Waals surface area contributed by atoms with Crippen LogP contribution in [0.5, 0.6) is 0 Å². The fraction of sp³-hybridized carbons (Fsp3) is 0.333. The van der Waals surface area contributed by atoms with Crippen LogP contribution in [0.15, 0.2) is 43.0 Å². The summed E-state index contributed by atoms with van der Waals surface area (Å²) in [4.78, 5) is 23.8. The van der Waals surface area contributed by atoms with Gasteiger partial charge in [0.1, 0.15) is 0 Å². The van der Waals surface area contributed by atoms with Gasteiger partial charge in [-0.1, -0.05) is 43.3 Å². The molecule has 0 N–H and O–H groups in total. The van der Waals surface area contributed by atoms with Crippen molar-refractivity contribution in [1.82, 2.24) is 0 Å². The first-order chi connectivity index (χ1) is 9.01.